The fourth-order valence-electron chi connectivity index (χ4n) is 5.21. The van der Waals surface area contributed by atoms with Crippen LogP contribution in [-0.4, -0.2) is 77.7 Å². The molecule has 1 amide bonds. The van der Waals surface area contributed by atoms with Crippen LogP contribution in [0.1, 0.15) is 47.5 Å². The van der Waals surface area contributed by atoms with Gasteiger partial charge in [0.25, 0.3) is 11.9 Å². The highest BCUT2D eigenvalue weighted by Gasteiger charge is 2.42. The van der Waals surface area contributed by atoms with E-state index in [1.54, 1.807) is 22.8 Å². The third kappa shape index (κ3) is 6.66. The molecule has 3 aromatic rings. The van der Waals surface area contributed by atoms with E-state index in [0.29, 0.717) is 38.3 Å². The lowest BCUT2D eigenvalue weighted by Gasteiger charge is -2.36. The van der Waals surface area contributed by atoms with E-state index in [2.05, 4.69) is 15.3 Å². The van der Waals surface area contributed by atoms with Crippen molar-refractivity contribution in [2.75, 3.05) is 54.4 Å². The second-order valence-corrected chi connectivity index (χ2v) is 10.3. The minimum atomic E-state index is -4.91. The number of alkyl halides is 3. The van der Waals surface area contributed by atoms with Crippen LogP contribution in [0, 0.1) is 10.8 Å². The summed E-state index contributed by atoms with van der Waals surface area (Å²) in [5.74, 6) is -2.58. The first-order chi connectivity index (χ1) is 21.0. The Morgan fingerprint density at radius 2 is 1.80 bits per heavy atom. The highest BCUT2D eigenvalue weighted by atomic mass is 19.4. The molecule has 0 bridgehead atoms. The molecule has 44 heavy (non-hydrogen) atoms. The Hall–Kier alpha value is -4.95. The van der Waals surface area contributed by atoms with Crippen molar-refractivity contribution in [3.63, 3.8) is 0 Å². The molecule has 0 atom stereocenters. The van der Waals surface area contributed by atoms with Gasteiger partial charge in [-0.2, -0.15) is 18.2 Å². The fraction of sp³-hybridized carbons (Fsp3) is 0.379. The number of oxazole rings is 1. The normalized spacial score (nSPS) is 16.2. The van der Waals surface area contributed by atoms with E-state index in [0.717, 1.165) is 0 Å². The number of nitrogens with one attached hydrogen (secondary N) is 3. The predicted molar refractivity (Wildman–Crippen MR) is 155 cm³/mol. The molecule has 0 spiro atoms. The molecular formula is C29H31F3N8O4. The minimum absolute atomic E-state index is 0.00132. The number of nitrogens with zero attached hydrogens (tertiary/aromatic N) is 5. The Kier molecular flexibility index (Phi) is 8.83. The molecule has 0 radical (unpaired) electrons. The topological polar surface area (TPSA) is 152 Å². The van der Waals surface area contributed by atoms with Crippen LogP contribution in [0.25, 0.3) is 0 Å². The zero-order valence-corrected chi connectivity index (χ0v) is 23.9. The van der Waals surface area contributed by atoms with Gasteiger partial charge in [-0.1, -0.05) is 30.3 Å². The number of anilines is 3. The van der Waals surface area contributed by atoms with Gasteiger partial charge in [0, 0.05) is 26.2 Å². The van der Waals surface area contributed by atoms with E-state index in [1.165, 1.54) is 22.7 Å². The average Bonchev–Trinajstić information content (AvgIpc) is 3.49. The first-order valence-electron chi connectivity index (χ1n) is 14.1. The summed E-state index contributed by atoms with van der Waals surface area (Å²) in [6.07, 6.45) is -2.22. The van der Waals surface area contributed by atoms with Crippen molar-refractivity contribution in [2.24, 2.45) is 0 Å². The van der Waals surface area contributed by atoms with Gasteiger partial charge < -0.3 is 29.2 Å². The number of benzene rings is 1. The van der Waals surface area contributed by atoms with Gasteiger partial charge in [0.15, 0.2) is 5.69 Å². The van der Waals surface area contributed by atoms with E-state index >= 15 is 0 Å². The Morgan fingerprint density at radius 3 is 2.41 bits per heavy atom. The molecule has 0 aliphatic carbocycles. The number of ether oxygens (including phenoxy) is 1. The van der Waals surface area contributed by atoms with E-state index in [9.17, 15) is 22.8 Å². The number of pyridine rings is 1. The van der Waals surface area contributed by atoms with Crippen LogP contribution in [0.2, 0.25) is 0 Å². The number of aromatic nitrogens is 2. The van der Waals surface area contributed by atoms with Crippen molar-refractivity contribution in [2.45, 2.75) is 31.9 Å². The van der Waals surface area contributed by atoms with Crippen LogP contribution in [0.4, 0.5) is 30.7 Å². The van der Waals surface area contributed by atoms with Gasteiger partial charge in [-0.3, -0.25) is 15.6 Å². The number of esters is 1. The van der Waals surface area contributed by atoms with Crippen molar-refractivity contribution in [3.05, 3.63) is 65.7 Å². The van der Waals surface area contributed by atoms with Gasteiger partial charge in [0.2, 0.25) is 11.6 Å². The Bertz CT molecular complexity index is 1520. The number of halogens is 3. The zero-order valence-electron chi connectivity index (χ0n) is 23.9. The molecule has 0 unspecified atom stereocenters. The molecule has 2 saturated heterocycles. The van der Waals surface area contributed by atoms with Gasteiger partial charge in [-0.05, 0) is 43.4 Å². The minimum Gasteiger partial charge on any atom is -0.460 e. The second-order valence-electron chi connectivity index (χ2n) is 10.3. The molecule has 4 heterocycles. The third-order valence-electron chi connectivity index (χ3n) is 7.46. The first kappa shape index (κ1) is 30.5. The molecule has 232 valence electrons. The molecule has 2 aliphatic heterocycles. The highest BCUT2D eigenvalue weighted by molar-refractivity contribution is 6.37. The molecule has 5 rings (SSSR count). The summed E-state index contributed by atoms with van der Waals surface area (Å²) in [4.78, 5) is 37.4. The maximum absolute atomic E-state index is 13.9. The van der Waals surface area contributed by atoms with E-state index in [-0.39, 0.29) is 43.2 Å². The number of carbonyl (C=O) groups excluding carboxylic acids is 2. The lowest BCUT2D eigenvalue weighted by Crippen LogP contribution is -2.54. The summed E-state index contributed by atoms with van der Waals surface area (Å²) in [5, 5.41) is 18.6. The van der Waals surface area contributed by atoms with Crippen molar-refractivity contribution in [1.82, 2.24) is 14.9 Å². The predicted octanol–water partition coefficient (Wildman–Crippen LogP) is 4.36. The quantitative estimate of drug-likeness (QED) is 0.209. The van der Waals surface area contributed by atoms with Crippen LogP contribution in [0.5, 0.6) is 0 Å². The molecule has 12 nitrogen and oxygen atoms in total. The molecule has 2 aliphatic rings. The number of piperidine rings is 1. The van der Waals surface area contributed by atoms with Crippen molar-refractivity contribution < 1.29 is 31.9 Å². The van der Waals surface area contributed by atoms with Gasteiger partial charge in [0.1, 0.15) is 11.7 Å². The van der Waals surface area contributed by atoms with Crippen molar-refractivity contribution >= 4 is 41.1 Å². The van der Waals surface area contributed by atoms with Crippen LogP contribution in [0.15, 0.2) is 53.1 Å². The van der Waals surface area contributed by atoms with Crippen LogP contribution in [-0.2, 0) is 15.7 Å². The largest absolute Gasteiger partial charge is 0.460 e. The van der Waals surface area contributed by atoms with E-state index in [4.69, 9.17) is 20.0 Å². The standard InChI is InChI=1S/C29H31F3N8O4/c1-2-43-27(42)25(34)40-15-14-39(17-21(40)33)22-9-8-20(16-35-22)36-26(41)23-24(29(30,31)32)37-28(44-23)38-12-10-19(11-13-38)18-6-4-3-5-7-18/h3-9,16,19,33-34H,2,10-15,17H2,1H3,(H,36,41). The first-order valence-corrected chi connectivity index (χ1v) is 14.1. The van der Waals surface area contributed by atoms with Gasteiger partial charge in [-0.25, -0.2) is 9.78 Å². The Labute approximate surface area is 250 Å². The fourth-order valence-corrected chi connectivity index (χ4v) is 5.21. The van der Waals surface area contributed by atoms with E-state index < -0.39 is 35.3 Å². The smallest absolute Gasteiger partial charge is 0.437 e. The second kappa shape index (κ2) is 12.7. The monoisotopic (exact) mass is 612 g/mol. The average molecular weight is 613 g/mol. The summed E-state index contributed by atoms with van der Waals surface area (Å²) in [6, 6.07) is 12.7. The number of amides is 1. The number of hydrogen-bond donors (Lipinski definition) is 3. The van der Waals surface area contributed by atoms with E-state index in [1.807, 2.05) is 30.3 Å². The molecule has 2 aromatic heterocycles. The van der Waals surface area contributed by atoms with Gasteiger partial charge in [0.05, 0.1) is 25.0 Å². The van der Waals surface area contributed by atoms with Gasteiger partial charge >= 0.3 is 12.1 Å². The maximum Gasteiger partial charge on any atom is 0.437 e. The van der Waals surface area contributed by atoms with Crippen LogP contribution >= 0.6 is 0 Å². The Balaban J connectivity index is 1.23. The lowest BCUT2D eigenvalue weighted by molar-refractivity contribution is -0.141. The Morgan fingerprint density at radius 1 is 1.07 bits per heavy atom. The highest BCUT2D eigenvalue weighted by Crippen LogP contribution is 2.36. The molecule has 0 saturated carbocycles. The summed E-state index contributed by atoms with van der Waals surface area (Å²) >= 11 is 0. The number of amidine groups is 2. The van der Waals surface area contributed by atoms with Gasteiger partial charge in [-0.15, -0.1) is 0 Å². The zero-order chi connectivity index (χ0) is 31.4. The number of rotatable bonds is 6. The van der Waals surface area contributed by atoms with Crippen LogP contribution < -0.4 is 15.1 Å². The summed E-state index contributed by atoms with van der Waals surface area (Å²) in [5.41, 5.74) is -0.0962. The summed E-state index contributed by atoms with van der Waals surface area (Å²) in [6.45, 7) is 3.17. The number of piperazine rings is 1. The SMILES string of the molecule is CCOC(=O)C(=N)N1CCN(c2ccc(NC(=O)c3oc(N4CCC(c5ccccc5)CC4)nc3C(F)(F)F)cn2)CC1=N. The maximum atomic E-state index is 13.9. The molecule has 3 N–H and O–H groups in total. The van der Waals surface area contributed by atoms with Crippen LogP contribution in [0.3, 0.4) is 0 Å². The molecular weight excluding hydrogens is 581 g/mol. The molecule has 15 heteroatoms. The summed E-state index contributed by atoms with van der Waals surface area (Å²) in [7, 11) is 0. The number of carbonyl (C=O) groups is 2. The lowest BCUT2D eigenvalue weighted by atomic mass is 9.90. The third-order valence-corrected chi connectivity index (χ3v) is 7.46. The molecule has 1 aromatic carbocycles. The number of hydrogen-bond acceptors (Lipinski definition) is 10. The summed E-state index contributed by atoms with van der Waals surface area (Å²) < 4.78 is 51.8. The molecule has 2 fully saturated rings. The van der Waals surface area contributed by atoms with Crippen molar-refractivity contribution in [1.29, 1.82) is 10.8 Å². The van der Waals surface area contributed by atoms with Crippen molar-refractivity contribution in [3.8, 4) is 0 Å².